The summed E-state index contributed by atoms with van der Waals surface area (Å²) in [5.41, 5.74) is 3.77. The summed E-state index contributed by atoms with van der Waals surface area (Å²) >= 11 is 0. The highest BCUT2D eigenvalue weighted by atomic mass is 19.1. The Morgan fingerprint density at radius 3 is 2.70 bits per heavy atom. The van der Waals surface area contributed by atoms with E-state index in [1.165, 1.54) is 12.1 Å². The number of amides is 1. The third-order valence-corrected chi connectivity index (χ3v) is 5.02. The predicted octanol–water partition coefficient (Wildman–Crippen LogP) is 4.53. The van der Waals surface area contributed by atoms with E-state index in [1.54, 1.807) is 41.6 Å². The van der Waals surface area contributed by atoms with Crippen molar-refractivity contribution >= 4 is 16.8 Å². The maximum Gasteiger partial charge on any atom is 0.254 e. The van der Waals surface area contributed by atoms with Gasteiger partial charge in [0.2, 0.25) is 0 Å². The zero-order valence-corrected chi connectivity index (χ0v) is 16.8. The molecule has 1 N–H and O–H groups in total. The van der Waals surface area contributed by atoms with Crippen LogP contribution >= 0.6 is 0 Å². The molecular formula is C23H22FN5O. The van der Waals surface area contributed by atoms with Crippen LogP contribution in [-0.2, 0) is 0 Å². The van der Waals surface area contributed by atoms with Crippen molar-refractivity contribution in [3.63, 3.8) is 0 Å². The number of hydrogen-bond acceptors (Lipinski definition) is 4. The maximum atomic E-state index is 13.3. The average Bonchev–Trinajstić information content (AvgIpc) is 3.18. The molecule has 1 atom stereocenters. The molecule has 0 unspecified atom stereocenters. The van der Waals surface area contributed by atoms with Crippen molar-refractivity contribution in [3.05, 3.63) is 83.8 Å². The van der Waals surface area contributed by atoms with Gasteiger partial charge >= 0.3 is 0 Å². The fourth-order valence-electron chi connectivity index (χ4n) is 3.54. The molecule has 0 saturated carbocycles. The number of rotatable bonds is 6. The molecule has 3 heterocycles. The van der Waals surface area contributed by atoms with E-state index in [-0.39, 0.29) is 17.8 Å². The summed E-state index contributed by atoms with van der Waals surface area (Å²) < 4.78 is 14.9. The topological polar surface area (TPSA) is 72.7 Å². The van der Waals surface area contributed by atoms with E-state index in [1.807, 2.05) is 19.1 Å². The van der Waals surface area contributed by atoms with Gasteiger partial charge in [0.1, 0.15) is 5.82 Å². The Morgan fingerprint density at radius 2 is 1.97 bits per heavy atom. The standard InChI is InChI=1S/C23H22FN5O/c1-3-4-21(16-9-10-26-15(2)11-16)28-23(30)20-12-25-14-22-19(20)13-27-29(22)18-7-5-17(24)6-8-18/h5-14,21H,3-4H2,1-2H3,(H,28,30)/t21-/m0/s1. The first-order chi connectivity index (χ1) is 14.6. The maximum absolute atomic E-state index is 13.3. The van der Waals surface area contributed by atoms with Gasteiger partial charge in [-0.25, -0.2) is 9.07 Å². The number of nitrogens with one attached hydrogen (secondary N) is 1. The number of nitrogens with zero attached hydrogens (tertiary/aromatic N) is 4. The van der Waals surface area contributed by atoms with E-state index in [0.29, 0.717) is 22.2 Å². The number of fused-ring (bicyclic) bond motifs is 1. The van der Waals surface area contributed by atoms with Gasteiger partial charge in [0.15, 0.2) is 0 Å². The summed E-state index contributed by atoms with van der Waals surface area (Å²) in [6.07, 6.45) is 8.34. The van der Waals surface area contributed by atoms with Crippen LogP contribution in [0.4, 0.5) is 4.39 Å². The molecule has 7 heteroatoms. The molecule has 1 amide bonds. The summed E-state index contributed by atoms with van der Waals surface area (Å²) in [4.78, 5) is 21.6. The Labute approximate surface area is 173 Å². The van der Waals surface area contributed by atoms with Crippen molar-refractivity contribution in [2.75, 3.05) is 0 Å². The lowest BCUT2D eigenvalue weighted by Crippen LogP contribution is -2.28. The molecule has 0 bridgehead atoms. The van der Waals surface area contributed by atoms with Gasteiger partial charge in [-0.3, -0.25) is 14.8 Å². The molecular weight excluding hydrogens is 381 g/mol. The number of benzene rings is 1. The highest BCUT2D eigenvalue weighted by molar-refractivity contribution is 6.06. The molecule has 0 saturated heterocycles. The second kappa shape index (κ2) is 8.41. The minimum atomic E-state index is -0.318. The summed E-state index contributed by atoms with van der Waals surface area (Å²) in [6, 6.07) is 9.82. The lowest BCUT2D eigenvalue weighted by atomic mass is 10.0. The first kappa shape index (κ1) is 19.7. The van der Waals surface area contributed by atoms with E-state index in [2.05, 4.69) is 27.3 Å². The van der Waals surface area contributed by atoms with Crippen LogP contribution in [0.15, 0.2) is 61.2 Å². The molecule has 1 aromatic carbocycles. The Balaban J connectivity index is 1.67. The van der Waals surface area contributed by atoms with E-state index in [4.69, 9.17) is 0 Å². The van der Waals surface area contributed by atoms with Crippen molar-refractivity contribution in [2.45, 2.75) is 32.7 Å². The van der Waals surface area contributed by atoms with Gasteiger partial charge in [-0.1, -0.05) is 13.3 Å². The Hall–Kier alpha value is -3.61. The number of aromatic nitrogens is 4. The van der Waals surface area contributed by atoms with Crippen molar-refractivity contribution in [1.29, 1.82) is 0 Å². The third kappa shape index (κ3) is 3.91. The van der Waals surface area contributed by atoms with Crippen molar-refractivity contribution in [2.24, 2.45) is 0 Å². The van der Waals surface area contributed by atoms with Crippen LogP contribution in [0.3, 0.4) is 0 Å². The van der Waals surface area contributed by atoms with Crippen LogP contribution in [0.25, 0.3) is 16.6 Å². The molecule has 152 valence electrons. The van der Waals surface area contributed by atoms with E-state index < -0.39 is 0 Å². The molecule has 6 nitrogen and oxygen atoms in total. The summed E-state index contributed by atoms with van der Waals surface area (Å²) in [5, 5.41) is 8.21. The van der Waals surface area contributed by atoms with Crippen LogP contribution in [0.2, 0.25) is 0 Å². The molecule has 0 spiro atoms. The van der Waals surface area contributed by atoms with E-state index in [9.17, 15) is 9.18 Å². The lowest BCUT2D eigenvalue weighted by Gasteiger charge is -2.19. The van der Waals surface area contributed by atoms with Crippen molar-refractivity contribution in [1.82, 2.24) is 25.1 Å². The summed E-state index contributed by atoms with van der Waals surface area (Å²) in [5.74, 6) is -0.526. The Kier molecular flexibility index (Phi) is 5.52. The second-order valence-corrected chi connectivity index (χ2v) is 7.20. The zero-order valence-electron chi connectivity index (χ0n) is 16.8. The number of carbonyl (C=O) groups is 1. The van der Waals surface area contributed by atoms with Gasteiger partial charge in [0, 0.05) is 23.5 Å². The number of hydrogen-bond donors (Lipinski definition) is 1. The Bertz CT molecular complexity index is 1190. The van der Waals surface area contributed by atoms with E-state index in [0.717, 1.165) is 24.1 Å². The molecule has 0 radical (unpaired) electrons. The van der Waals surface area contributed by atoms with Crippen LogP contribution in [0, 0.1) is 12.7 Å². The molecule has 0 aliphatic carbocycles. The second-order valence-electron chi connectivity index (χ2n) is 7.20. The van der Waals surface area contributed by atoms with E-state index >= 15 is 0 Å². The van der Waals surface area contributed by atoms with Crippen LogP contribution in [0.5, 0.6) is 0 Å². The van der Waals surface area contributed by atoms with Gasteiger partial charge in [-0.05, 0) is 55.3 Å². The summed E-state index contributed by atoms with van der Waals surface area (Å²) in [7, 11) is 0. The third-order valence-electron chi connectivity index (χ3n) is 5.02. The molecule has 30 heavy (non-hydrogen) atoms. The predicted molar refractivity (Wildman–Crippen MR) is 113 cm³/mol. The van der Waals surface area contributed by atoms with Crippen molar-refractivity contribution in [3.8, 4) is 5.69 Å². The highest BCUT2D eigenvalue weighted by Crippen LogP contribution is 2.23. The summed E-state index contributed by atoms with van der Waals surface area (Å²) in [6.45, 7) is 4.02. The number of aryl methyl sites for hydroxylation is 1. The van der Waals surface area contributed by atoms with Crippen LogP contribution < -0.4 is 5.32 Å². The smallest absolute Gasteiger partial charge is 0.254 e. The lowest BCUT2D eigenvalue weighted by molar-refractivity contribution is 0.0935. The molecule has 0 fully saturated rings. The zero-order chi connectivity index (χ0) is 21.1. The number of halogens is 1. The average molecular weight is 403 g/mol. The van der Waals surface area contributed by atoms with Gasteiger partial charge in [-0.15, -0.1) is 0 Å². The quantitative estimate of drug-likeness (QED) is 0.513. The molecule has 4 rings (SSSR count). The fourth-order valence-corrected chi connectivity index (χ4v) is 3.54. The van der Waals surface area contributed by atoms with Gasteiger partial charge in [0.25, 0.3) is 5.91 Å². The molecule has 0 aliphatic heterocycles. The first-order valence-electron chi connectivity index (χ1n) is 9.88. The first-order valence-corrected chi connectivity index (χ1v) is 9.88. The number of pyridine rings is 2. The number of carbonyl (C=O) groups excluding carboxylic acids is 1. The minimum absolute atomic E-state index is 0.119. The van der Waals surface area contributed by atoms with Crippen LogP contribution in [-0.4, -0.2) is 25.7 Å². The van der Waals surface area contributed by atoms with Gasteiger partial charge < -0.3 is 5.32 Å². The largest absolute Gasteiger partial charge is 0.345 e. The van der Waals surface area contributed by atoms with Crippen molar-refractivity contribution < 1.29 is 9.18 Å². The normalized spacial score (nSPS) is 12.1. The SMILES string of the molecule is CCC[C@H](NC(=O)c1cncc2c1cnn2-c1ccc(F)cc1)c1ccnc(C)c1. The highest BCUT2D eigenvalue weighted by Gasteiger charge is 2.19. The molecule has 3 aromatic heterocycles. The minimum Gasteiger partial charge on any atom is -0.345 e. The monoisotopic (exact) mass is 403 g/mol. The molecule has 0 aliphatic rings. The fraction of sp³-hybridized carbons (Fsp3) is 0.217. The van der Waals surface area contributed by atoms with Crippen LogP contribution in [0.1, 0.15) is 47.4 Å². The Morgan fingerprint density at radius 1 is 1.17 bits per heavy atom. The van der Waals surface area contributed by atoms with Gasteiger partial charge in [-0.2, -0.15) is 5.10 Å². The molecule has 4 aromatic rings. The van der Waals surface area contributed by atoms with Gasteiger partial charge in [0.05, 0.1) is 35.2 Å².